The van der Waals surface area contributed by atoms with E-state index >= 15 is 0 Å². The Bertz CT molecular complexity index is 695. The van der Waals surface area contributed by atoms with Crippen LogP contribution in [0.25, 0.3) is 0 Å². The van der Waals surface area contributed by atoms with Crippen LogP contribution < -0.4 is 14.8 Å². The lowest BCUT2D eigenvalue weighted by molar-refractivity contribution is 0.309. The number of hydrogen-bond acceptors (Lipinski definition) is 3. The molecule has 4 heteroatoms. The van der Waals surface area contributed by atoms with E-state index in [0.717, 1.165) is 41.2 Å². The lowest BCUT2D eigenvalue weighted by Crippen LogP contribution is -2.30. The average Bonchev–Trinajstić information content (AvgIpc) is 2.53. The van der Waals surface area contributed by atoms with Crippen molar-refractivity contribution in [3.8, 4) is 11.5 Å². The molecular weight excluding hydrogens is 293 g/mol. The molecule has 1 aliphatic rings. The van der Waals surface area contributed by atoms with Gasteiger partial charge in [0.25, 0.3) is 0 Å². The van der Waals surface area contributed by atoms with E-state index in [1.807, 2.05) is 32.0 Å². The first-order valence-electron chi connectivity index (χ1n) is 7.96. The Morgan fingerprint density at radius 2 is 2.00 bits per heavy atom. The molecule has 23 heavy (non-hydrogen) atoms. The van der Waals surface area contributed by atoms with Crippen LogP contribution in [0.3, 0.4) is 0 Å². The molecule has 0 aliphatic carbocycles. The van der Waals surface area contributed by atoms with Crippen molar-refractivity contribution < 1.29 is 13.9 Å². The second kappa shape index (κ2) is 6.59. The Labute approximate surface area is 136 Å². The molecule has 0 radical (unpaired) electrons. The van der Waals surface area contributed by atoms with E-state index in [9.17, 15) is 4.39 Å². The molecule has 1 unspecified atom stereocenters. The summed E-state index contributed by atoms with van der Waals surface area (Å²) in [6, 6.07) is 9.21. The number of benzene rings is 2. The standard InChI is InChI=1S/C19H22FNO2/c1-4-23-18-11-16-13(10-17(18)22-3)5-6-21-19(16)14-7-12(2)8-15(20)9-14/h7-11,19,21H,4-6H2,1-3H3. The van der Waals surface area contributed by atoms with Gasteiger partial charge in [0.2, 0.25) is 0 Å². The van der Waals surface area contributed by atoms with Gasteiger partial charge in [0.05, 0.1) is 19.8 Å². The Morgan fingerprint density at radius 1 is 1.17 bits per heavy atom. The minimum atomic E-state index is -0.201. The zero-order valence-corrected chi connectivity index (χ0v) is 13.8. The molecule has 0 amide bonds. The number of aryl methyl sites for hydroxylation is 1. The zero-order valence-electron chi connectivity index (χ0n) is 13.8. The van der Waals surface area contributed by atoms with Crippen LogP contribution in [0.5, 0.6) is 11.5 Å². The normalized spacial score (nSPS) is 16.8. The molecule has 0 saturated heterocycles. The molecular formula is C19H22FNO2. The molecule has 2 aromatic carbocycles. The summed E-state index contributed by atoms with van der Waals surface area (Å²) >= 11 is 0. The number of methoxy groups -OCH3 is 1. The van der Waals surface area contributed by atoms with Crippen molar-refractivity contribution in [2.75, 3.05) is 20.3 Å². The number of rotatable bonds is 4. The van der Waals surface area contributed by atoms with Gasteiger partial charge in [0.15, 0.2) is 11.5 Å². The first-order chi connectivity index (χ1) is 11.1. The minimum Gasteiger partial charge on any atom is -0.493 e. The van der Waals surface area contributed by atoms with Crippen molar-refractivity contribution in [3.05, 3.63) is 58.4 Å². The molecule has 1 heterocycles. The third-order valence-electron chi connectivity index (χ3n) is 4.18. The molecule has 122 valence electrons. The number of halogens is 1. The summed E-state index contributed by atoms with van der Waals surface area (Å²) in [5, 5.41) is 3.49. The second-order valence-corrected chi connectivity index (χ2v) is 5.83. The van der Waals surface area contributed by atoms with E-state index in [-0.39, 0.29) is 11.9 Å². The zero-order chi connectivity index (χ0) is 16.4. The highest BCUT2D eigenvalue weighted by Crippen LogP contribution is 2.37. The third-order valence-corrected chi connectivity index (χ3v) is 4.18. The summed E-state index contributed by atoms with van der Waals surface area (Å²) in [5.74, 6) is 1.28. The highest BCUT2D eigenvalue weighted by molar-refractivity contribution is 5.51. The summed E-state index contributed by atoms with van der Waals surface area (Å²) in [6.07, 6.45) is 0.920. The topological polar surface area (TPSA) is 30.5 Å². The van der Waals surface area contributed by atoms with Crippen molar-refractivity contribution in [2.45, 2.75) is 26.3 Å². The third kappa shape index (κ3) is 3.17. The molecule has 0 spiro atoms. The molecule has 0 fully saturated rings. The molecule has 1 N–H and O–H groups in total. The molecule has 0 bridgehead atoms. The summed E-state index contributed by atoms with van der Waals surface area (Å²) in [6.45, 7) is 5.29. The van der Waals surface area contributed by atoms with Crippen LogP contribution in [-0.2, 0) is 6.42 Å². The van der Waals surface area contributed by atoms with Crippen molar-refractivity contribution in [3.63, 3.8) is 0 Å². The van der Waals surface area contributed by atoms with Crippen LogP contribution in [0, 0.1) is 12.7 Å². The molecule has 1 aliphatic heterocycles. The van der Waals surface area contributed by atoms with Crippen molar-refractivity contribution in [2.24, 2.45) is 0 Å². The molecule has 2 aromatic rings. The van der Waals surface area contributed by atoms with Crippen LogP contribution >= 0.6 is 0 Å². The van der Waals surface area contributed by atoms with Gasteiger partial charge in [0.1, 0.15) is 5.82 Å². The van der Waals surface area contributed by atoms with Gasteiger partial charge in [-0.25, -0.2) is 4.39 Å². The smallest absolute Gasteiger partial charge is 0.161 e. The summed E-state index contributed by atoms with van der Waals surface area (Å²) in [5.41, 5.74) is 4.21. The predicted molar refractivity (Wildman–Crippen MR) is 88.8 cm³/mol. The van der Waals surface area contributed by atoms with E-state index in [2.05, 4.69) is 5.32 Å². The van der Waals surface area contributed by atoms with Crippen LogP contribution in [-0.4, -0.2) is 20.3 Å². The Hall–Kier alpha value is -2.07. The van der Waals surface area contributed by atoms with Gasteiger partial charge in [-0.05, 0) is 66.8 Å². The summed E-state index contributed by atoms with van der Waals surface area (Å²) in [7, 11) is 1.65. The SMILES string of the molecule is CCOc1cc2c(cc1OC)CCNC2c1cc(C)cc(F)c1. The van der Waals surface area contributed by atoms with Crippen molar-refractivity contribution in [1.82, 2.24) is 5.32 Å². The lowest BCUT2D eigenvalue weighted by atomic mass is 9.89. The van der Waals surface area contributed by atoms with Crippen molar-refractivity contribution >= 4 is 0 Å². The lowest BCUT2D eigenvalue weighted by Gasteiger charge is -2.29. The maximum Gasteiger partial charge on any atom is 0.161 e. The van der Waals surface area contributed by atoms with Crippen molar-refractivity contribution in [1.29, 1.82) is 0 Å². The molecule has 0 saturated carbocycles. The summed E-state index contributed by atoms with van der Waals surface area (Å²) in [4.78, 5) is 0. The average molecular weight is 315 g/mol. The monoisotopic (exact) mass is 315 g/mol. The largest absolute Gasteiger partial charge is 0.493 e. The maximum absolute atomic E-state index is 13.8. The summed E-state index contributed by atoms with van der Waals surface area (Å²) < 4.78 is 24.9. The fourth-order valence-electron chi connectivity index (χ4n) is 3.22. The van der Waals surface area contributed by atoms with Gasteiger partial charge >= 0.3 is 0 Å². The minimum absolute atomic E-state index is 0.0294. The number of nitrogens with one attached hydrogen (secondary N) is 1. The molecule has 3 rings (SSSR count). The van der Waals surface area contributed by atoms with E-state index in [0.29, 0.717) is 6.61 Å². The van der Waals surface area contributed by atoms with Crippen LogP contribution in [0.15, 0.2) is 30.3 Å². The quantitative estimate of drug-likeness (QED) is 0.931. The number of ether oxygens (including phenoxy) is 2. The predicted octanol–water partition coefficient (Wildman–Crippen LogP) is 3.78. The first kappa shape index (κ1) is 15.8. The van der Waals surface area contributed by atoms with E-state index < -0.39 is 0 Å². The molecule has 3 nitrogen and oxygen atoms in total. The van der Waals surface area contributed by atoms with Gasteiger partial charge in [-0.2, -0.15) is 0 Å². The van der Waals surface area contributed by atoms with E-state index in [4.69, 9.17) is 9.47 Å². The van der Waals surface area contributed by atoms with E-state index in [1.165, 1.54) is 5.56 Å². The molecule has 0 aromatic heterocycles. The second-order valence-electron chi connectivity index (χ2n) is 5.83. The van der Waals surface area contributed by atoms with Gasteiger partial charge in [-0.3, -0.25) is 0 Å². The Balaban J connectivity index is 2.08. The Kier molecular flexibility index (Phi) is 4.53. The highest BCUT2D eigenvalue weighted by atomic mass is 19.1. The van der Waals surface area contributed by atoms with Gasteiger partial charge < -0.3 is 14.8 Å². The number of fused-ring (bicyclic) bond motifs is 1. The Morgan fingerprint density at radius 3 is 2.70 bits per heavy atom. The number of hydrogen-bond donors (Lipinski definition) is 1. The van der Waals surface area contributed by atoms with Crippen LogP contribution in [0.4, 0.5) is 4.39 Å². The van der Waals surface area contributed by atoms with E-state index in [1.54, 1.807) is 19.2 Å². The van der Waals surface area contributed by atoms with Gasteiger partial charge in [-0.1, -0.05) is 6.07 Å². The fourth-order valence-corrected chi connectivity index (χ4v) is 3.22. The highest BCUT2D eigenvalue weighted by Gasteiger charge is 2.24. The first-order valence-corrected chi connectivity index (χ1v) is 7.96. The van der Waals surface area contributed by atoms with Crippen LogP contribution in [0.1, 0.15) is 35.2 Å². The maximum atomic E-state index is 13.8. The van der Waals surface area contributed by atoms with Gasteiger partial charge in [-0.15, -0.1) is 0 Å². The molecule has 1 atom stereocenters. The van der Waals surface area contributed by atoms with Gasteiger partial charge in [0, 0.05) is 6.54 Å². The van der Waals surface area contributed by atoms with Crippen LogP contribution in [0.2, 0.25) is 0 Å². The fraction of sp³-hybridized carbons (Fsp3) is 0.368.